The number of carbonyl (C=O) groups is 2. The topological polar surface area (TPSA) is 58.6 Å². The SMILES string of the molecule is CC[C@H](C)NC(=O)[C@@H](C)N(Cc1ccccc1C)C(=O)COc1ccccc1F. The fraction of sp³-hybridized carbons (Fsp3) is 0.391. The number of aryl methyl sites for hydroxylation is 1. The van der Waals surface area contributed by atoms with Crippen molar-refractivity contribution in [1.82, 2.24) is 10.2 Å². The van der Waals surface area contributed by atoms with Gasteiger partial charge in [0, 0.05) is 12.6 Å². The molecule has 2 rings (SSSR count). The number of amides is 2. The predicted octanol–water partition coefficient (Wildman–Crippen LogP) is 3.84. The van der Waals surface area contributed by atoms with E-state index in [4.69, 9.17) is 4.74 Å². The maximum Gasteiger partial charge on any atom is 0.261 e. The lowest BCUT2D eigenvalue weighted by Crippen LogP contribution is -2.50. The molecule has 0 fully saturated rings. The van der Waals surface area contributed by atoms with E-state index >= 15 is 0 Å². The molecule has 6 heteroatoms. The molecule has 2 amide bonds. The molecule has 0 saturated heterocycles. The lowest BCUT2D eigenvalue weighted by molar-refractivity contribution is -0.142. The Morgan fingerprint density at radius 3 is 2.41 bits per heavy atom. The molecule has 156 valence electrons. The first-order valence-electron chi connectivity index (χ1n) is 9.85. The molecule has 29 heavy (non-hydrogen) atoms. The van der Waals surface area contributed by atoms with Crippen LogP contribution in [-0.4, -0.2) is 35.4 Å². The molecular weight excluding hydrogens is 371 g/mol. The van der Waals surface area contributed by atoms with Crippen LogP contribution < -0.4 is 10.1 Å². The van der Waals surface area contributed by atoms with E-state index < -0.39 is 11.9 Å². The lowest BCUT2D eigenvalue weighted by Gasteiger charge is -2.30. The molecular formula is C23H29FN2O3. The zero-order valence-electron chi connectivity index (χ0n) is 17.4. The van der Waals surface area contributed by atoms with Crippen LogP contribution in [0, 0.1) is 12.7 Å². The van der Waals surface area contributed by atoms with E-state index in [0.29, 0.717) is 0 Å². The molecule has 0 aliphatic carbocycles. The molecule has 0 saturated carbocycles. The zero-order valence-corrected chi connectivity index (χ0v) is 17.4. The van der Waals surface area contributed by atoms with Crippen LogP contribution in [-0.2, 0) is 16.1 Å². The van der Waals surface area contributed by atoms with E-state index in [-0.39, 0.29) is 36.8 Å². The monoisotopic (exact) mass is 400 g/mol. The summed E-state index contributed by atoms with van der Waals surface area (Å²) in [5.74, 6) is -1.14. The molecule has 5 nitrogen and oxygen atoms in total. The Balaban J connectivity index is 2.18. The second kappa shape index (κ2) is 10.6. The molecule has 2 aromatic carbocycles. The quantitative estimate of drug-likeness (QED) is 0.696. The third kappa shape index (κ3) is 6.31. The number of halogens is 1. The van der Waals surface area contributed by atoms with E-state index in [2.05, 4.69) is 5.32 Å². The molecule has 0 radical (unpaired) electrons. The summed E-state index contributed by atoms with van der Waals surface area (Å²) >= 11 is 0. The van der Waals surface area contributed by atoms with Crippen molar-refractivity contribution in [3.8, 4) is 5.75 Å². The van der Waals surface area contributed by atoms with Crippen LogP contribution in [0.15, 0.2) is 48.5 Å². The predicted molar refractivity (Wildman–Crippen MR) is 111 cm³/mol. The molecule has 0 bridgehead atoms. The Morgan fingerprint density at radius 1 is 1.10 bits per heavy atom. The number of benzene rings is 2. The van der Waals surface area contributed by atoms with Gasteiger partial charge < -0.3 is 15.0 Å². The average molecular weight is 400 g/mol. The number of rotatable bonds is 9. The zero-order chi connectivity index (χ0) is 21.4. The third-order valence-corrected chi connectivity index (χ3v) is 4.96. The summed E-state index contributed by atoms with van der Waals surface area (Å²) in [6, 6.07) is 12.9. The van der Waals surface area contributed by atoms with Crippen LogP contribution in [0.2, 0.25) is 0 Å². The van der Waals surface area contributed by atoms with Gasteiger partial charge in [0.15, 0.2) is 18.2 Å². The van der Waals surface area contributed by atoms with Gasteiger partial charge in [-0.15, -0.1) is 0 Å². The first kappa shape index (κ1) is 22.4. The van der Waals surface area contributed by atoms with Gasteiger partial charge in [0.05, 0.1) is 0 Å². The summed E-state index contributed by atoms with van der Waals surface area (Å²) < 4.78 is 19.2. The standard InChI is InChI=1S/C23H29FN2O3/c1-5-17(3)25-23(28)18(4)26(14-19-11-7-6-10-16(19)2)22(27)15-29-21-13-9-8-12-20(21)24/h6-13,17-18H,5,14-15H2,1-4H3,(H,25,28)/t17-,18+/m0/s1. The van der Waals surface area contributed by atoms with Crippen molar-refractivity contribution >= 4 is 11.8 Å². The van der Waals surface area contributed by atoms with Gasteiger partial charge in [-0.2, -0.15) is 0 Å². The van der Waals surface area contributed by atoms with Crippen molar-refractivity contribution in [3.05, 3.63) is 65.5 Å². The van der Waals surface area contributed by atoms with Gasteiger partial charge in [0.25, 0.3) is 5.91 Å². The van der Waals surface area contributed by atoms with Gasteiger partial charge in [0.2, 0.25) is 5.91 Å². The molecule has 0 unspecified atom stereocenters. The number of hydrogen-bond donors (Lipinski definition) is 1. The summed E-state index contributed by atoms with van der Waals surface area (Å²) in [4.78, 5) is 27.1. The minimum atomic E-state index is -0.694. The maximum atomic E-state index is 13.8. The summed E-state index contributed by atoms with van der Waals surface area (Å²) in [5.41, 5.74) is 1.96. The van der Waals surface area contributed by atoms with Crippen LogP contribution in [0.1, 0.15) is 38.3 Å². The Morgan fingerprint density at radius 2 is 1.76 bits per heavy atom. The van der Waals surface area contributed by atoms with Crippen molar-refractivity contribution in [2.24, 2.45) is 0 Å². The van der Waals surface area contributed by atoms with Crippen molar-refractivity contribution < 1.29 is 18.7 Å². The molecule has 0 aliphatic rings. The van der Waals surface area contributed by atoms with Crippen molar-refractivity contribution in [2.75, 3.05) is 6.61 Å². The first-order valence-corrected chi connectivity index (χ1v) is 9.85. The summed E-state index contributed by atoms with van der Waals surface area (Å²) in [6.07, 6.45) is 0.792. The van der Waals surface area contributed by atoms with E-state index in [1.165, 1.54) is 17.0 Å². The number of carbonyl (C=O) groups excluding carboxylic acids is 2. The van der Waals surface area contributed by atoms with Crippen LogP contribution in [0.5, 0.6) is 5.75 Å². The smallest absolute Gasteiger partial charge is 0.261 e. The highest BCUT2D eigenvalue weighted by Gasteiger charge is 2.27. The van der Waals surface area contributed by atoms with Gasteiger partial charge in [-0.1, -0.05) is 43.3 Å². The highest BCUT2D eigenvalue weighted by molar-refractivity contribution is 5.88. The van der Waals surface area contributed by atoms with Crippen LogP contribution in [0.4, 0.5) is 4.39 Å². The van der Waals surface area contributed by atoms with E-state index in [1.807, 2.05) is 45.0 Å². The Labute approximate surface area is 171 Å². The number of hydrogen-bond acceptors (Lipinski definition) is 3. The number of ether oxygens (including phenoxy) is 1. The fourth-order valence-corrected chi connectivity index (χ4v) is 2.80. The molecule has 0 spiro atoms. The largest absolute Gasteiger partial charge is 0.481 e. The summed E-state index contributed by atoms with van der Waals surface area (Å²) in [5, 5.41) is 2.91. The number of nitrogens with one attached hydrogen (secondary N) is 1. The Kier molecular flexibility index (Phi) is 8.19. The molecule has 0 aromatic heterocycles. The van der Waals surface area contributed by atoms with Gasteiger partial charge in [0.1, 0.15) is 6.04 Å². The van der Waals surface area contributed by atoms with E-state index in [0.717, 1.165) is 17.5 Å². The number of para-hydroxylation sites is 1. The lowest BCUT2D eigenvalue weighted by atomic mass is 10.1. The Hall–Kier alpha value is -2.89. The van der Waals surface area contributed by atoms with Gasteiger partial charge in [-0.25, -0.2) is 4.39 Å². The highest BCUT2D eigenvalue weighted by atomic mass is 19.1. The molecule has 0 aliphatic heterocycles. The molecule has 2 atom stereocenters. The first-order chi connectivity index (χ1) is 13.8. The van der Waals surface area contributed by atoms with Gasteiger partial charge in [-0.3, -0.25) is 9.59 Å². The second-order valence-corrected chi connectivity index (χ2v) is 7.16. The maximum absolute atomic E-state index is 13.8. The molecule has 0 heterocycles. The van der Waals surface area contributed by atoms with E-state index in [1.54, 1.807) is 19.1 Å². The van der Waals surface area contributed by atoms with E-state index in [9.17, 15) is 14.0 Å². The fourth-order valence-electron chi connectivity index (χ4n) is 2.80. The van der Waals surface area contributed by atoms with Gasteiger partial charge in [-0.05, 0) is 50.5 Å². The van der Waals surface area contributed by atoms with Crippen LogP contribution >= 0.6 is 0 Å². The molecule has 2 aromatic rings. The summed E-state index contributed by atoms with van der Waals surface area (Å²) in [7, 11) is 0. The number of nitrogens with zero attached hydrogens (tertiary/aromatic N) is 1. The third-order valence-electron chi connectivity index (χ3n) is 4.96. The van der Waals surface area contributed by atoms with Crippen LogP contribution in [0.3, 0.4) is 0 Å². The van der Waals surface area contributed by atoms with Crippen LogP contribution in [0.25, 0.3) is 0 Å². The highest BCUT2D eigenvalue weighted by Crippen LogP contribution is 2.17. The average Bonchev–Trinajstić information content (AvgIpc) is 2.71. The normalized spacial score (nSPS) is 12.7. The second-order valence-electron chi connectivity index (χ2n) is 7.16. The Bertz CT molecular complexity index is 840. The molecule has 1 N–H and O–H groups in total. The van der Waals surface area contributed by atoms with Crippen molar-refractivity contribution in [1.29, 1.82) is 0 Å². The minimum absolute atomic E-state index is 0.00778. The van der Waals surface area contributed by atoms with Gasteiger partial charge >= 0.3 is 0 Å². The van der Waals surface area contributed by atoms with Crippen molar-refractivity contribution in [2.45, 2.75) is 52.7 Å². The van der Waals surface area contributed by atoms with Crippen molar-refractivity contribution in [3.63, 3.8) is 0 Å². The summed E-state index contributed by atoms with van der Waals surface area (Å²) in [6.45, 7) is 7.46. The minimum Gasteiger partial charge on any atom is -0.481 e.